The summed E-state index contributed by atoms with van der Waals surface area (Å²) in [5.41, 5.74) is 14.5. The first-order chi connectivity index (χ1) is 17.5. The van der Waals surface area contributed by atoms with E-state index in [2.05, 4.69) is 21.7 Å². The van der Waals surface area contributed by atoms with E-state index >= 15 is 0 Å². The number of carbonyl (C=O) groups is 2. The molecule has 4 aromatic rings. The minimum atomic E-state index is -0.847. The maximum absolute atomic E-state index is 12.6. The molecule has 0 aliphatic rings. The summed E-state index contributed by atoms with van der Waals surface area (Å²) in [6.07, 6.45) is 0. The first-order valence-corrected chi connectivity index (χ1v) is 12.0. The van der Waals surface area contributed by atoms with Crippen molar-refractivity contribution >= 4 is 35.0 Å². The van der Waals surface area contributed by atoms with Gasteiger partial charge >= 0.3 is 11.8 Å². The summed E-state index contributed by atoms with van der Waals surface area (Å²) in [6, 6.07) is 32.9. The maximum Gasteiger partial charge on any atom is 0.324 e. The molecular formula is C28H24Cl2N4O2. The molecule has 0 saturated heterocycles. The second kappa shape index (κ2) is 12.3. The van der Waals surface area contributed by atoms with Gasteiger partial charge in [-0.1, -0.05) is 108 Å². The predicted molar refractivity (Wildman–Crippen MR) is 142 cm³/mol. The second-order valence-electron chi connectivity index (χ2n) is 7.99. The van der Waals surface area contributed by atoms with Crippen LogP contribution in [-0.2, 0) is 9.59 Å². The summed E-state index contributed by atoms with van der Waals surface area (Å²) in [5, 5.41) is 1.21. The van der Waals surface area contributed by atoms with Gasteiger partial charge in [0.1, 0.15) is 0 Å². The van der Waals surface area contributed by atoms with E-state index in [1.54, 1.807) is 24.3 Å². The molecule has 4 rings (SSSR count). The monoisotopic (exact) mass is 518 g/mol. The topological polar surface area (TPSA) is 82.3 Å². The smallest absolute Gasteiger partial charge is 0.282 e. The number of carbonyl (C=O) groups excluding carboxylic acids is 2. The number of hydrogen-bond acceptors (Lipinski definition) is 4. The van der Waals surface area contributed by atoms with Gasteiger partial charge < -0.3 is 0 Å². The van der Waals surface area contributed by atoms with E-state index in [0.29, 0.717) is 10.0 Å². The fraction of sp³-hybridized carbons (Fsp3) is 0.0714. The van der Waals surface area contributed by atoms with Gasteiger partial charge in [0.05, 0.1) is 12.1 Å². The molecular weight excluding hydrogens is 495 g/mol. The molecule has 4 aromatic carbocycles. The Morgan fingerprint density at radius 1 is 0.472 bits per heavy atom. The minimum absolute atomic E-state index is 0.390. The van der Waals surface area contributed by atoms with E-state index in [0.717, 1.165) is 22.3 Å². The molecule has 0 aliphatic carbocycles. The molecule has 182 valence electrons. The first kappa shape index (κ1) is 25.4. The van der Waals surface area contributed by atoms with Gasteiger partial charge in [0.15, 0.2) is 0 Å². The first-order valence-electron chi connectivity index (χ1n) is 11.2. The lowest BCUT2D eigenvalue weighted by Gasteiger charge is -2.22. The quantitative estimate of drug-likeness (QED) is 0.193. The Bertz CT molecular complexity index is 1180. The van der Waals surface area contributed by atoms with Gasteiger partial charge in [-0.2, -0.15) is 0 Å². The highest BCUT2D eigenvalue weighted by molar-refractivity contribution is 6.34. The summed E-state index contributed by atoms with van der Waals surface area (Å²) < 4.78 is 0. The molecule has 4 N–H and O–H groups in total. The number of hydrogen-bond donors (Lipinski definition) is 4. The van der Waals surface area contributed by atoms with Gasteiger partial charge in [-0.3, -0.25) is 20.4 Å². The van der Waals surface area contributed by atoms with Crippen molar-refractivity contribution in [2.75, 3.05) is 0 Å². The van der Waals surface area contributed by atoms with Gasteiger partial charge in [0.25, 0.3) is 0 Å². The lowest BCUT2D eigenvalue weighted by Crippen LogP contribution is -2.51. The highest BCUT2D eigenvalue weighted by atomic mass is 35.5. The lowest BCUT2D eigenvalue weighted by molar-refractivity contribution is -0.140. The zero-order valence-corrected chi connectivity index (χ0v) is 20.6. The van der Waals surface area contributed by atoms with Crippen LogP contribution in [0.15, 0.2) is 109 Å². The number of amides is 2. The third-order valence-electron chi connectivity index (χ3n) is 5.54. The molecule has 0 aliphatic heterocycles. The van der Waals surface area contributed by atoms with E-state index in [-0.39, 0.29) is 12.1 Å². The standard InChI is InChI=1S/C28H24Cl2N4O2/c29-23-15-11-21(12-16-23)25(19-7-3-1-4-8-19)31-33-27(35)28(36)34-32-26(20-9-5-2-6-10-20)22-13-17-24(30)18-14-22/h1-18,25-26,31-32H,(H,33,35)(H,34,36)/t25-,26-/m0/s1. The van der Waals surface area contributed by atoms with Crippen molar-refractivity contribution in [1.29, 1.82) is 0 Å². The van der Waals surface area contributed by atoms with Gasteiger partial charge in [-0.05, 0) is 46.5 Å². The fourth-order valence-corrected chi connectivity index (χ4v) is 3.96. The van der Waals surface area contributed by atoms with Crippen LogP contribution in [0.25, 0.3) is 0 Å². The molecule has 0 fully saturated rings. The summed E-state index contributed by atoms with van der Waals surface area (Å²) in [5.74, 6) is -1.69. The van der Waals surface area contributed by atoms with Crippen LogP contribution >= 0.6 is 23.2 Å². The van der Waals surface area contributed by atoms with E-state index in [1.807, 2.05) is 84.9 Å². The van der Waals surface area contributed by atoms with Crippen molar-refractivity contribution in [3.63, 3.8) is 0 Å². The Labute approximate surface area is 219 Å². The van der Waals surface area contributed by atoms with Crippen LogP contribution in [0.5, 0.6) is 0 Å². The SMILES string of the molecule is O=C(NN[C@@H](c1ccccc1)c1ccc(Cl)cc1)C(=O)NN[C@@H](c1ccccc1)c1ccc(Cl)cc1. The molecule has 0 bridgehead atoms. The summed E-state index contributed by atoms with van der Waals surface area (Å²) in [6.45, 7) is 0. The Kier molecular flexibility index (Phi) is 8.71. The molecule has 0 unspecified atom stereocenters. The van der Waals surface area contributed by atoms with E-state index in [9.17, 15) is 9.59 Å². The van der Waals surface area contributed by atoms with Crippen molar-refractivity contribution in [2.24, 2.45) is 0 Å². The van der Waals surface area contributed by atoms with Crippen LogP contribution in [0.2, 0.25) is 10.0 Å². The zero-order chi connectivity index (χ0) is 25.3. The molecule has 8 heteroatoms. The van der Waals surface area contributed by atoms with Crippen LogP contribution < -0.4 is 21.7 Å². The lowest BCUT2D eigenvalue weighted by atomic mass is 9.99. The zero-order valence-electron chi connectivity index (χ0n) is 19.1. The summed E-state index contributed by atoms with van der Waals surface area (Å²) in [4.78, 5) is 25.3. The van der Waals surface area contributed by atoms with Crippen molar-refractivity contribution in [3.8, 4) is 0 Å². The number of rotatable bonds is 8. The molecule has 0 radical (unpaired) electrons. The van der Waals surface area contributed by atoms with E-state index in [4.69, 9.17) is 23.2 Å². The van der Waals surface area contributed by atoms with Crippen molar-refractivity contribution in [1.82, 2.24) is 21.7 Å². The Hall–Kier alpha value is -3.68. The van der Waals surface area contributed by atoms with Crippen LogP contribution in [0, 0.1) is 0 Å². The van der Waals surface area contributed by atoms with Crippen LogP contribution in [0.3, 0.4) is 0 Å². The third-order valence-corrected chi connectivity index (χ3v) is 6.04. The number of nitrogens with one attached hydrogen (secondary N) is 4. The van der Waals surface area contributed by atoms with Crippen LogP contribution in [0.4, 0.5) is 0 Å². The van der Waals surface area contributed by atoms with Crippen molar-refractivity contribution in [3.05, 3.63) is 141 Å². The van der Waals surface area contributed by atoms with E-state index in [1.165, 1.54) is 0 Å². The molecule has 2 amide bonds. The van der Waals surface area contributed by atoms with Crippen molar-refractivity contribution in [2.45, 2.75) is 12.1 Å². The van der Waals surface area contributed by atoms with Gasteiger partial charge in [-0.25, -0.2) is 10.9 Å². The average Bonchev–Trinajstić information content (AvgIpc) is 2.92. The number of benzene rings is 4. The van der Waals surface area contributed by atoms with Crippen LogP contribution in [-0.4, -0.2) is 11.8 Å². The van der Waals surface area contributed by atoms with E-state index < -0.39 is 11.8 Å². The van der Waals surface area contributed by atoms with Crippen LogP contribution in [0.1, 0.15) is 34.3 Å². The number of halogens is 2. The Balaban J connectivity index is 1.43. The van der Waals surface area contributed by atoms with Crippen molar-refractivity contribution < 1.29 is 9.59 Å². The largest absolute Gasteiger partial charge is 0.324 e. The number of hydrazine groups is 2. The normalized spacial score (nSPS) is 12.4. The minimum Gasteiger partial charge on any atom is -0.282 e. The highest BCUT2D eigenvalue weighted by Crippen LogP contribution is 2.24. The predicted octanol–water partition coefficient (Wildman–Crippen LogP) is 5.11. The Morgan fingerprint density at radius 2 is 0.778 bits per heavy atom. The molecule has 0 spiro atoms. The molecule has 36 heavy (non-hydrogen) atoms. The third kappa shape index (κ3) is 6.71. The highest BCUT2D eigenvalue weighted by Gasteiger charge is 2.20. The molecule has 6 nitrogen and oxygen atoms in total. The van der Waals surface area contributed by atoms with Gasteiger partial charge in [0.2, 0.25) is 0 Å². The van der Waals surface area contributed by atoms with Gasteiger partial charge in [-0.15, -0.1) is 0 Å². The second-order valence-corrected chi connectivity index (χ2v) is 8.86. The summed E-state index contributed by atoms with van der Waals surface area (Å²) in [7, 11) is 0. The molecule has 2 atom stereocenters. The van der Waals surface area contributed by atoms with Gasteiger partial charge in [0, 0.05) is 10.0 Å². The molecule has 0 heterocycles. The molecule has 0 saturated carbocycles. The Morgan fingerprint density at radius 3 is 1.11 bits per heavy atom. The maximum atomic E-state index is 12.6. The summed E-state index contributed by atoms with van der Waals surface area (Å²) >= 11 is 12.1. The fourth-order valence-electron chi connectivity index (χ4n) is 3.71. The average molecular weight is 519 g/mol. The molecule has 0 aromatic heterocycles.